The highest BCUT2D eigenvalue weighted by molar-refractivity contribution is 5.48. The summed E-state index contributed by atoms with van der Waals surface area (Å²) in [5.41, 5.74) is 0.751. The number of anilines is 1. The summed E-state index contributed by atoms with van der Waals surface area (Å²) in [5.74, 6) is -0.103. The minimum atomic E-state index is -0.103. The van der Waals surface area contributed by atoms with Crippen LogP contribution >= 0.6 is 0 Å². The van der Waals surface area contributed by atoms with Gasteiger partial charge in [0.15, 0.2) is 0 Å². The lowest BCUT2D eigenvalue weighted by Crippen LogP contribution is -2.50. The van der Waals surface area contributed by atoms with Crippen LogP contribution in [-0.4, -0.2) is 37.1 Å². The van der Waals surface area contributed by atoms with E-state index in [0.717, 1.165) is 31.9 Å². The van der Waals surface area contributed by atoms with Gasteiger partial charge in [0.05, 0.1) is 5.69 Å². The van der Waals surface area contributed by atoms with Gasteiger partial charge in [-0.05, 0) is 31.4 Å². The van der Waals surface area contributed by atoms with Crippen molar-refractivity contribution in [1.29, 1.82) is 0 Å². The maximum absolute atomic E-state index is 13.8. The van der Waals surface area contributed by atoms with Crippen molar-refractivity contribution in [2.24, 2.45) is 0 Å². The van der Waals surface area contributed by atoms with Gasteiger partial charge in [-0.2, -0.15) is 0 Å². The zero-order chi connectivity index (χ0) is 13.1. The molecule has 1 saturated heterocycles. The predicted molar refractivity (Wildman–Crippen MR) is 77.0 cm³/mol. The molecule has 3 heteroatoms. The van der Waals surface area contributed by atoms with E-state index in [0.29, 0.717) is 6.04 Å². The molecule has 2 nitrogen and oxygen atoms in total. The molecule has 0 amide bonds. The molecule has 0 saturated carbocycles. The van der Waals surface area contributed by atoms with Crippen molar-refractivity contribution < 1.29 is 4.39 Å². The van der Waals surface area contributed by atoms with Gasteiger partial charge in [-0.1, -0.05) is 24.3 Å². The van der Waals surface area contributed by atoms with Crippen LogP contribution in [0.2, 0.25) is 0 Å². The maximum atomic E-state index is 13.8. The number of benzene rings is 1. The summed E-state index contributed by atoms with van der Waals surface area (Å²) in [6.45, 7) is 3.91. The van der Waals surface area contributed by atoms with Gasteiger partial charge in [-0.15, -0.1) is 0 Å². The predicted octanol–water partition coefficient (Wildman–Crippen LogP) is 3.06. The monoisotopic (exact) mass is 260 g/mol. The molecule has 1 aromatic rings. The lowest BCUT2D eigenvalue weighted by molar-refractivity contribution is 0.201. The van der Waals surface area contributed by atoms with Gasteiger partial charge in [-0.25, -0.2) is 4.39 Å². The average Bonchev–Trinajstić information content (AvgIpc) is 2.49. The molecule has 0 N–H and O–H groups in total. The van der Waals surface area contributed by atoms with Crippen LogP contribution in [0.5, 0.6) is 0 Å². The van der Waals surface area contributed by atoms with E-state index in [4.69, 9.17) is 0 Å². The molecule has 0 spiro atoms. The van der Waals surface area contributed by atoms with E-state index in [2.05, 4.69) is 22.0 Å². The summed E-state index contributed by atoms with van der Waals surface area (Å²) < 4.78 is 13.8. The highest BCUT2D eigenvalue weighted by Gasteiger charge is 2.24. The van der Waals surface area contributed by atoms with Gasteiger partial charge in [0.2, 0.25) is 0 Å². The first-order valence-corrected chi connectivity index (χ1v) is 7.25. The Balaban J connectivity index is 1.62. The van der Waals surface area contributed by atoms with Gasteiger partial charge in [0.1, 0.15) is 5.82 Å². The Morgan fingerprint density at radius 1 is 1.05 bits per heavy atom. The maximum Gasteiger partial charge on any atom is 0.146 e. The number of piperazine rings is 1. The highest BCUT2D eigenvalue weighted by atomic mass is 19.1. The van der Waals surface area contributed by atoms with Crippen LogP contribution in [0.3, 0.4) is 0 Å². The molecular weight excluding hydrogens is 239 g/mol. The van der Waals surface area contributed by atoms with E-state index in [1.54, 1.807) is 12.1 Å². The Morgan fingerprint density at radius 2 is 1.84 bits per heavy atom. The Bertz CT molecular complexity index is 450. The first kappa shape index (κ1) is 12.7. The first-order chi connectivity index (χ1) is 9.34. The van der Waals surface area contributed by atoms with Gasteiger partial charge >= 0.3 is 0 Å². The third-order valence-corrected chi connectivity index (χ3v) is 4.21. The number of rotatable bonds is 2. The quantitative estimate of drug-likeness (QED) is 0.754. The number of para-hydroxylation sites is 1. The van der Waals surface area contributed by atoms with Crippen molar-refractivity contribution in [3.63, 3.8) is 0 Å². The van der Waals surface area contributed by atoms with E-state index in [1.807, 2.05) is 12.1 Å². The van der Waals surface area contributed by atoms with Crippen molar-refractivity contribution in [3.05, 3.63) is 42.2 Å². The van der Waals surface area contributed by atoms with E-state index in [9.17, 15) is 4.39 Å². The Morgan fingerprint density at radius 3 is 2.53 bits per heavy atom. The van der Waals surface area contributed by atoms with Crippen LogP contribution in [0.25, 0.3) is 0 Å². The molecule has 1 fully saturated rings. The minimum absolute atomic E-state index is 0.103. The molecular formula is C16H21FN2. The summed E-state index contributed by atoms with van der Waals surface area (Å²) >= 11 is 0. The smallest absolute Gasteiger partial charge is 0.146 e. The topological polar surface area (TPSA) is 6.48 Å². The summed E-state index contributed by atoms with van der Waals surface area (Å²) in [6.07, 6.45) is 8.45. The largest absolute Gasteiger partial charge is 0.367 e. The van der Waals surface area contributed by atoms with Crippen molar-refractivity contribution in [2.45, 2.75) is 25.3 Å². The second-order valence-electron chi connectivity index (χ2n) is 5.40. The molecule has 102 valence electrons. The molecule has 2 aliphatic rings. The van der Waals surface area contributed by atoms with Crippen LogP contribution in [0.1, 0.15) is 19.3 Å². The highest BCUT2D eigenvalue weighted by Crippen LogP contribution is 2.23. The third kappa shape index (κ3) is 2.81. The zero-order valence-electron chi connectivity index (χ0n) is 11.3. The van der Waals surface area contributed by atoms with Crippen molar-refractivity contribution >= 4 is 5.69 Å². The standard InChI is InChI=1S/C16H21FN2/c17-15-8-4-5-9-16(15)19-12-10-18(11-13-19)14-6-2-1-3-7-14/h2,4-6,8-9,14H,1,3,7,10-13H2. The van der Waals surface area contributed by atoms with Crippen molar-refractivity contribution in [2.75, 3.05) is 31.1 Å². The fraction of sp³-hybridized carbons (Fsp3) is 0.500. The lowest BCUT2D eigenvalue weighted by atomic mass is 10.0. The molecule has 1 atom stereocenters. The van der Waals surface area contributed by atoms with Crippen LogP contribution in [0.4, 0.5) is 10.1 Å². The molecule has 1 aliphatic heterocycles. The van der Waals surface area contributed by atoms with Crippen LogP contribution in [-0.2, 0) is 0 Å². The minimum Gasteiger partial charge on any atom is -0.367 e. The van der Waals surface area contributed by atoms with Gasteiger partial charge in [-0.3, -0.25) is 4.90 Å². The van der Waals surface area contributed by atoms with Gasteiger partial charge in [0.25, 0.3) is 0 Å². The molecule has 1 aliphatic carbocycles. The number of halogens is 1. The van der Waals surface area contributed by atoms with E-state index < -0.39 is 0 Å². The van der Waals surface area contributed by atoms with Crippen LogP contribution in [0, 0.1) is 5.82 Å². The Hall–Kier alpha value is -1.35. The molecule has 19 heavy (non-hydrogen) atoms. The van der Waals surface area contributed by atoms with E-state index in [-0.39, 0.29) is 5.82 Å². The molecule has 1 heterocycles. The number of allylic oxidation sites excluding steroid dienone is 1. The lowest BCUT2D eigenvalue weighted by Gasteiger charge is -2.40. The van der Waals surface area contributed by atoms with Gasteiger partial charge in [0, 0.05) is 32.2 Å². The molecule has 1 unspecified atom stereocenters. The van der Waals surface area contributed by atoms with Crippen LogP contribution in [0.15, 0.2) is 36.4 Å². The van der Waals surface area contributed by atoms with Crippen molar-refractivity contribution in [3.8, 4) is 0 Å². The molecule has 1 aromatic carbocycles. The Kier molecular flexibility index (Phi) is 3.83. The fourth-order valence-corrected chi connectivity index (χ4v) is 3.10. The summed E-state index contributed by atoms with van der Waals surface area (Å²) in [5, 5.41) is 0. The number of nitrogens with zero attached hydrogens (tertiary/aromatic N) is 2. The normalized spacial score (nSPS) is 24.7. The van der Waals surface area contributed by atoms with Gasteiger partial charge < -0.3 is 4.90 Å². The third-order valence-electron chi connectivity index (χ3n) is 4.21. The summed E-state index contributed by atoms with van der Waals surface area (Å²) in [6, 6.07) is 7.70. The molecule has 0 aromatic heterocycles. The number of hydrogen-bond donors (Lipinski definition) is 0. The second-order valence-corrected chi connectivity index (χ2v) is 5.40. The Labute approximate surface area is 114 Å². The average molecular weight is 260 g/mol. The van der Waals surface area contributed by atoms with Crippen LogP contribution < -0.4 is 4.90 Å². The second kappa shape index (κ2) is 5.74. The summed E-state index contributed by atoms with van der Waals surface area (Å²) in [7, 11) is 0. The molecule has 0 bridgehead atoms. The molecule has 3 rings (SSSR count). The number of hydrogen-bond acceptors (Lipinski definition) is 2. The summed E-state index contributed by atoms with van der Waals surface area (Å²) in [4.78, 5) is 4.70. The van der Waals surface area contributed by atoms with Crippen molar-refractivity contribution in [1.82, 2.24) is 4.90 Å². The SMILES string of the molecule is Fc1ccccc1N1CCN(C2C=CCCC2)CC1. The zero-order valence-corrected chi connectivity index (χ0v) is 11.3. The van der Waals surface area contributed by atoms with E-state index >= 15 is 0 Å². The first-order valence-electron chi connectivity index (χ1n) is 7.25. The molecule has 0 radical (unpaired) electrons. The van der Waals surface area contributed by atoms with E-state index in [1.165, 1.54) is 19.3 Å². The fourth-order valence-electron chi connectivity index (χ4n) is 3.10.